The molecule has 1 aliphatic heterocycles. The highest BCUT2D eigenvalue weighted by Crippen LogP contribution is 2.27. The average Bonchev–Trinajstić information content (AvgIpc) is 2.70. The summed E-state index contributed by atoms with van der Waals surface area (Å²) in [6.07, 6.45) is 3.17. The third kappa shape index (κ3) is 9.29. The molecule has 3 N–H and O–H groups in total. The standard InChI is InChI=1S/C18H28N2O3.C2H2O4/c1-14-7-10-20(11-8-14)13-18(21)19-9-6-15-4-5-16(22-2)17(12-15)23-3;3-1(4)2(5)6/h4-5,12,14H,6-11,13H2,1-3H3,(H,19,21);(H,3,4)(H,5,6). The number of amides is 1. The Hall–Kier alpha value is -2.81. The smallest absolute Gasteiger partial charge is 0.414 e. The fourth-order valence-electron chi connectivity index (χ4n) is 2.86. The van der Waals surface area contributed by atoms with Crippen molar-refractivity contribution in [3.05, 3.63) is 23.8 Å². The van der Waals surface area contributed by atoms with Crippen LogP contribution in [0.5, 0.6) is 11.5 Å². The first-order valence-corrected chi connectivity index (χ1v) is 9.43. The van der Waals surface area contributed by atoms with Crippen molar-refractivity contribution in [2.24, 2.45) is 5.92 Å². The van der Waals surface area contributed by atoms with Crippen LogP contribution in [0.2, 0.25) is 0 Å². The van der Waals surface area contributed by atoms with E-state index in [9.17, 15) is 4.79 Å². The molecule has 9 heteroatoms. The quantitative estimate of drug-likeness (QED) is 0.574. The number of hydrogen-bond acceptors (Lipinski definition) is 6. The van der Waals surface area contributed by atoms with Crippen molar-refractivity contribution in [2.75, 3.05) is 40.4 Å². The first-order chi connectivity index (χ1) is 13.8. The zero-order valence-electron chi connectivity index (χ0n) is 17.1. The number of hydrogen-bond donors (Lipinski definition) is 3. The summed E-state index contributed by atoms with van der Waals surface area (Å²) in [5.41, 5.74) is 1.12. The van der Waals surface area contributed by atoms with Gasteiger partial charge in [0, 0.05) is 6.54 Å². The SMILES string of the molecule is COc1ccc(CCNC(=O)CN2CCC(C)CC2)cc1OC.O=C(O)C(=O)O. The zero-order chi connectivity index (χ0) is 21.8. The normalized spacial score (nSPS) is 14.3. The van der Waals surface area contributed by atoms with Gasteiger partial charge in [0.05, 0.1) is 20.8 Å². The second-order valence-corrected chi connectivity index (χ2v) is 6.86. The highest BCUT2D eigenvalue weighted by molar-refractivity contribution is 6.27. The Bertz CT molecular complexity index is 673. The molecule has 1 fully saturated rings. The number of carboxylic acid groups (broad SMARTS) is 2. The third-order valence-corrected chi connectivity index (χ3v) is 4.61. The van der Waals surface area contributed by atoms with Gasteiger partial charge in [-0.25, -0.2) is 9.59 Å². The molecule has 0 spiro atoms. The minimum absolute atomic E-state index is 0.111. The van der Waals surface area contributed by atoms with Crippen LogP contribution in [0.25, 0.3) is 0 Å². The van der Waals surface area contributed by atoms with Crippen LogP contribution in [-0.4, -0.2) is 73.4 Å². The molecular weight excluding hydrogens is 380 g/mol. The molecule has 0 unspecified atom stereocenters. The lowest BCUT2D eigenvalue weighted by Crippen LogP contribution is -2.41. The van der Waals surface area contributed by atoms with Crippen LogP contribution >= 0.6 is 0 Å². The minimum atomic E-state index is -1.82. The second-order valence-electron chi connectivity index (χ2n) is 6.86. The Morgan fingerprint density at radius 2 is 1.66 bits per heavy atom. The van der Waals surface area contributed by atoms with Gasteiger partial charge in [0.15, 0.2) is 11.5 Å². The summed E-state index contributed by atoms with van der Waals surface area (Å²) in [4.78, 5) is 32.4. The summed E-state index contributed by atoms with van der Waals surface area (Å²) in [5, 5.41) is 17.8. The molecule has 1 heterocycles. The molecule has 29 heavy (non-hydrogen) atoms. The Morgan fingerprint density at radius 1 is 1.07 bits per heavy atom. The molecule has 1 saturated heterocycles. The van der Waals surface area contributed by atoms with Gasteiger partial charge < -0.3 is 25.0 Å². The van der Waals surface area contributed by atoms with Crippen LogP contribution in [0.3, 0.4) is 0 Å². The number of aliphatic carboxylic acids is 2. The molecule has 1 aromatic rings. The molecule has 162 valence electrons. The van der Waals surface area contributed by atoms with Crippen LogP contribution < -0.4 is 14.8 Å². The molecule has 0 radical (unpaired) electrons. The van der Waals surface area contributed by atoms with Crippen LogP contribution in [0.1, 0.15) is 25.3 Å². The van der Waals surface area contributed by atoms with E-state index in [-0.39, 0.29) is 5.91 Å². The predicted molar refractivity (Wildman–Crippen MR) is 106 cm³/mol. The van der Waals surface area contributed by atoms with E-state index in [4.69, 9.17) is 29.3 Å². The topological polar surface area (TPSA) is 125 Å². The summed E-state index contributed by atoms with van der Waals surface area (Å²) in [5.74, 6) is -1.30. The molecule has 0 bridgehead atoms. The van der Waals surface area contributed by atoms with E-state index in [1.54, 1.807) is 14.2 Å². The van der Waals surface area contributed by atoms with E-state index < -0.39 is 11.9 Å². The minimum Gasteiger partial charge on any atom is -0.493 e. The van der Waals surface area contributed by atoms with Crippen molar-refractivity contribution < 1.29 is 34.1 Å². The van der Waals surface area contributed by atoms with E-state index in [0.29, 0.717) is 13.1 Å². The van der Waals surface area contributed by atoms with Crippen LogP contribution in [0.15, 0.2) is 18.2 Å². The number of benzene rings is 1. The number of nitrogens with one attached hydrogen (secondary N) is 1. The van der Waals surface area contributed by atoms with Gasteiger partial charge in [0.25, 0.3) is 0 Å². The molecule has 2 rings (SSSR count). The lowest BCUT2D eigenvalue weighted by molar-refractivity contribution is -0.159. The second kappa shape index (κ2) is 12.6. The first kappa shape index (κ1) is 24.2. The van der Waals surface area contributed by atoms with Crippen molar-refractivity contribution in [3.8, 4) is 11.5 Å². The molecule has 9 nitrogen and oxygen atoms in total. The number of piperidine rings is 1. The van der Waals surface area contributed by atoms with Crippen LogP contribution in [0, 0.1) is 5.92 Å². The maximum atomic E-state index is 12.0. The van der Waals surface area contributed by atoms with Gasteiger partial charge in [-0.05, 0) is 56.0 Å². The number of nitrogens with zero attached hydrogens (tertiary/aromatic N) is 1. The number of carbonyl (C=O) groups excluding carboxylic acids is 1. The number of carbonyl (C=O) groups is 3. The summed E-state index contributed by atoms with van der Waals surface area (Å²) < 4.78 is 10.5. The predicted octanol–water partition coefficient (Wildman–Crippen LogP) is 1.25. The van der Waals surface area contributed by atoms with Crippen molar-refractivity contribution in [2.45, 2.75) is 26.2 Å². The van der Waals surface area contributed by atoms with Crippen molar-refractivity contribution >= 4 is 17.8 Å². The molecule has 1 amide bonds. The van der Waals surface area contributed by atoms with E-state index in [2.05, 4.69) is 17.1 Å². The lowest BCUT2D eigenvalue weighted by atomic mass is 9.99. The van der Waals surface area contributed by atoms with E-state index >= 15 is 0 Å². The van der Waals surface area contributed by atoms with Gasteiger partial charge in [-0.2, -0.15) is 0 Å². The van der Waals surface area contributed by atoms with Gasteiger partial charge in [-0.3, -0.25) is 9.69 Å². The number of likely N-dealkylation sites (tertiary alicyclic amines) is 1. The molecule has 0 aromatic heterocycles. The van der Waals surface area contributed by atoms with Crippen LogP contribution in [0.4, 0.5) is 0 Å². The van der Waals surface area contributed by atoms with Crippen molar-refractivity contribution in [1.82, 2.24) is 10.2 Å². The van der Waals surface area contributed by atoms with Crippen LogP contribution in [-0.2, 0) is 20.8 Å². The number of rotatable bonds is 7. The Balaban J connectivity index is 0.000000612. The number of methoxy groups -OCH3 is 2. The van der Waals surface area contributed by atoms with Crippen molar-refractivity contribution in [1.29, 1.82) is 0 Å². The van der Waals surface area contributed by atoms with Gasteiger partial charge in [0.1, 0.15) is 0 Å². The molecule has 0 atom stereocenters. The Kier molecular flexibility index (Phi) is 10.5. The maximum absolute atomic E-state index is 12.0. The van der Waals surface area contributed by atoms with Gasteiger partial charge in [0.2, 0.25) is 5.91 Å². The Morgan fingerprint density at radius 3 is 2.17 bits per heavy atom. The van der Waals surface area contributed by atoms with E-state index in [0.717, 1.165) is 42.5 Å². The number of carboxylic acids is 2. The molecular formula is C20H30N2O7. The number of ether oxygens (including phenoxy) is 2. The molecule has 0 saturated carbocycles. The maximum Gasteiger partial charge on any atom is 0.414 e. The first-order valence-electron chi connectivity index (χ1n) is 9.43. The lowest BCUT2D eigenvalue weighted by Gasteiger charge is -2.29. The fraction of sp³-hybridized carbons (Fsp3) is 0.550. The van der Waals surface area contributed by atoms with Crippen molar-refractivity contribution in [3.63, 3.8) is 0 Å². The summed E-state index contributed by atoms with van der Waals surface area (Å²) in [7, 11) is 3.25. The summed E-state index contributed by atoms with van der Waals surface area (Å²) >= 11 is 0. The van der Waals surface area contributed by atoms with E-state index in [1.807, 2.05) is 18.2 Å². The fourth-order valence-corrected chi connectivity index (χ4v) is 2.86. The largest absolute Gasteiger partial charge is 0.493 e. The monoisotopic (exact) mass is 410 g/mol. The van der Waals surface area contributed by atoms with Gasteiger partial charge in [-0.15, -0.1) is 0 Å². The highest BCUT2D eigenvalue weighted by Gasteiger charge is 2.17. The zero-order valence-corrected chi connectivity index (χ0v) is 17.1. The van der Waals surface area contributed by atoms with Gasteiger partial charge >= 0.3 is 11.9 Å². The molecule has 1 aliphatic rings. The molecule has 1 aromatic carbocycles. The average molecular weight is 410 g/mol. The highest BCUT2D eigenvalue weighted by atomic mass is 16.5. The third-order valence-electron chi connectivity index (χ3n) is 4.61. The Labute approximate surface area is 170 Å². The van der Waals surface area contributed by atoms with Gasteiger partial charge in [-0.1, -0.05) is 13.0 Å². The summed E-state index contributed by atoms with van der Waals surface area (Å²) in [6.45, 7) is 5.49. The molecule has 0 aliphatic carbocycles. The summed E-state index contributed by atoms with van der Waals surface area (Å²) in [6, 6.07) is 5.85. The van der Waals surface area contributed by atoms with E-state index in [1.165, 1.54) is 12.8 Å².